The molecule has 1 N–H and O–H groups in total. The molecule has 0 aromatic heterocycles. The van der Waals surface area contributed by atoms with Gasteiger partial charge in [0.05, 0.1) is 33.0 Å². The van der Waals surface area contributed by atoms with Crippen molar-refractivity contribution in [3.8, 4) is 23.0 Å². The zero-order valence-electron chi connectivity index (χ0n) is 19.5. The minimum atomic E-state index is -0.214. The molecule has 0 heterocycles. The average Bonchev–Trinajstić information content (AvgIpc) is 2.79. The highest BCUT2D eigenvalue weighted by Gasteiger charge is 2.12. The van der Waals surface area contributed by atoms with E-state index in [0.29, 0.717) is 49.4 Å². The first-order valence-corrected chi connectivity index (χ1v) is 10.7. The lowest BCUT2D eigenvalue weighted by molar-refractivity contribution is -0.117. The molecule has 174 valence electrons. The minimum Gasteiger partial charge on any atom is -0.493 e. The molecule has 0 aliphatic heterocycles. The molecule has 0 fully saturated rings. The molecule has 0 bridgehead atoms. The van der Waals surface area contributed by atoms with Crippen LogP contribution in [-0.4, -0.2) is 46.6 Å². The SMILES string of the molecule is CCOc1ccc(C=CC(=O)NC(C)c2ccc(OCCOC)c(OC)c2)cc1OCC. The van der Waals surface area contributed by atoms with Crippen molar-refractivity contribution in [1.82, 2.24) is 5.32 Å². The van der Waals surface area contributed by atoms with Crippen LogP contribution in [0.3, 0.4) is 0 Å². The molecular formula is C25H33NO6. The fraction of sp³-hybridized carbons (Fsp3) is 0.400. The number of ether oxygens (including phenoxy) is 5. The molecular weight excluding hydrogens is 410 g/mol. The Labute approximate surface area is 190 Å². The topological polar surface area (TPSA) is 75.3 Å². The van der Waals surface area contributed by atoms with Crippen molar-refractivity contribution in [3.05, 3.63) is 53.6 Å². The van der Waals surface area contributed by atoms with Crippen molar-refractivity contribution in [2.45, 2.75) is 26.8 Å². The number of hydrogen-bond donors (Lipinski definition) is 1. The molecule has 0 saturated carbocycles. The second-order valence-electron chi connectivity index (χ2n) is 6.89. The Kier molecular flexibility index (Phi) is 10.4. The number of benzene rings is 2. The molecule has 0 saturated heterocycles. The summed E-state index contributed by atoms with van der Waals surface area (Å²) in [7, 11) is 3.21. The molecule has 1 unspecified atom stereocenters. The van der Waals surface area contributed by atoms with Crippen LogP contribution in [0, 0.1) is 0 Å². The van der Waals surface area contributed by atoms with E-state index in [-0.39, 0.29) is 11.9 Å². The normalized spacial score (nSPS) is 11.8. The Morgan fingerprint density at radius 3 is 2.28 bits per heavy atom. The third-order valence-electron chi connectivity index (χ3n) is 4.59. The highest BCUT2D eigenvalue weighted by Crippen LogP contribution is 2.31. The van der Waals surface area contributed by atoms with Crippen LogP contribution < -0.4 is 24.3 Å². The average molecular weight is 444 g/mol. The summed E-state index contributed by atoms with van der Waals surface area (Å²) < 4.78 is 27.3. The lowest BCUT2D eigenvalue weighted by Crippen LogP contribution is -2.24. The van der Waals surface area contributed by atoms with Gasteiger partial charge in [-0.25, -0.2) is 0 Å². The van der Waals surface area contributed by atoms with Crippen molar-refractivity contribution in [2.24, 2.45) is 0 Å². The lowest BCUT2D eigenvalue weighted by Gasteiger charge is -2.16. The summed E-state index contributed by atoms with van der Waals surface area (Å²) in [6.45, 7) is 7.76. The minimum absolute atomic E-state index is 0.205. The van der Waals surface area contributed by atoms with Crippen LogP contribution in [0.15, 0.2) is 42.5 Å². The number of nitrogens with one attached hydrogen (secondary N) is 1. The van der Waals surface area contributed by atoms with Gasteiger partial charge >= 0.3 is 0 Å². The van der Waals surface area contributed by atoms with Crippen molar-refractivity contribution >= 4 is 12.0 Å². The summed E-state index contributed by atoms with van der Waals surface area (Å²) in [5.41, 5.74) is 1.75. The first-order chi connectivity index (χ1) is 15.5. The molecule has 0 aliphatic rings. The quantitative estimate of drug-likeness (QED) is 0.365. The van der Waals surface area contributed by atoms with E-state index in [1.54, 1.807) is 20.3 Å². The van der Waals surface area contributed by atoms with Crippen LogP contribution in [0.25, 0.3) is 6.08 Å². The smallest absolute Gasteiger partial charge is 0.244 e. The Morgan fingerprint density at radius 1 is 0.906 bits per heavy atom. The van der Waals surface area contributed by atoms with Gasteiger partial charge in [0.25, 0.3) is 0 Å². The summed E-state index contributed by atoms with van der Waals surface area (Å²) in [5, 5.41) is 2.96. The Morgan fingerprint density at radius 2 is 1.59 bits per heavy atom. The molecule has 1 atom stereocenters. The Bertz CT molecular complexity index is 896. The van der Waals surface area contributed by atoms with E-state index in [1.807, 2.05) is 57.2 Å². The molecule has 2 rings (SSSR count). The second kappa shape index (κ2) is 13.3. The summed E-state index contributed by atoms with van der Waals surface area (Å²) >= 11 is 0. The molecule has 0 spiro atoms. The summed E-state index contributed by atoms with van der Waals surface area (Å²) in [5.74, 6) is 2.38. The van der Waals surface area contributed by atoms with Gasteiger partial charge in [-0.2, -0.15) is 0 Å². The first kappa shape index (κ1) is 25.1. The standard InChI is InChI=1S/C25H33NO6/c1-6-30-22-11-8-19(16-24(22)31-7-2)9-13-25(27)26-18(3)20-10-12-21(23(17-20)29-5)32-15-14-28-4/h8-13,16-18H,6-7,14-15H2,1-5H3,(H,26,27). The van der Waals surface area contributed by atoms with Crippen molar-refractivity contribution in [3.63, 3.8) is 0 Å². The molecule has 1 amide bonds. The number of carbonyl (C=O) groups is 1. The van der Waals surface area contributed by atoms with Crippen LogP contribution in [0.5, 0.6) is 23.0 Å². The predicted molar refractivity (Wildman–Crippen MR) is 125 cm³/mol. The zero-order valence-corrected chi connectivity index (χ0v) is 19.5. The molecule has 0 aliphatic carbocycles. The van der Waals surface area contributed by atoms with Crippen LogP contribution >= 0.6 is 0 Å². The Balaban J connectivity index is 2.03. The molecule has 2 aromatic carbocycles. The van der Waals surface area contributed by atoms with E-state index in [9.17, 15) is 4.79 Å². The van der Waals surface area contributed by atoms with Gasteiger partial charge in [0.1, 0.15) is 6.61 Å². The number of rotatable bonds is 13. The van der Waals surface area contributed by atoms with Crippen LogP contribution in [-0.2, 0) is 9.53 Å². The summed E-state index contributed by atoms with van der Waals surface area (Å²) in [6.07, 6.45) is 3.25. The van der Waals surface area contributed by atoms with Gasteiger partial charge in [-0.1, -0.05) is 12.1 Å². The summed E-state index contributed by atoms with van der Waals surface area (Å²) in [4.78, 5) is 12.5. The maximum absolute atomic E-state index is 12.5. The van der Waals surface area contributed by atoms with E-state index < -0.39 is 0 Å². The molecule has 0 radical (unpaired) electrons. The maximum Gasteiger partial charge on any atom is 0.244 e. The van der Waals surface area contributed by atoms with Gasteiger partial charge in [-0.15, -0.1) is 0 Å². The van der Waals surface area contributed by atoms with E-state index in [0.717, 1.165) is 11.1 Å². The molecule has 2 aromatic rings. The molecule has 7 heteroatoms. The van der Waals surface area contributed by atoms with Crippen molar-refractivity contribution in [2.75, 3.05) is 40.6 Å². The highest BCUT2D eigenvalue weighted by molar-refractivity contribution is 5.92. The predicted octanol–water partition coefficient (Wildman–Crippen LogP) is 4.41. The monoisotopic (exact) mass is 443 g/mol. The van der Waals surface area contributed by atoms with Crippen LogP contribution in [0.4, 0.5) is 0 Å². The number of methoxy groups -OCH3 is 2. The third-order valence-corrected chi connectivity index (χ3v) is 4.59. The number of carbonyl (C=O) groups excluding carboxylic acids is 1. The Hall–Kier alpha value is -3.19. The fourth-order valence-electron chi connectivity index (χ4n) is 3.00. The second-order valence-corrected chi connectivity index (χ2v) is 6.89. The van der Waals surface area contributed by atoms with Gasteiger partial charge in [-0.3, -0.25) is 4.79 Å². The zero-order chi connectivity index (χ0) is 23.3. The molecule has 32 heavy (non-hydrogen) atoms. The summed E-state index contributed by atoms with van der Waals surface area (Å²) in [6, 6.07) is 11.0. The lowest BCUT2D eigenvalue weighted by atomic mass is 10.1. The van der Waals surface area contributed by atoms with Crippen molar-refractivity contribution in [1.29, 1.82) is 0 Å². The highest BCUT2D eigenvalue weighted by atomic mass is 16.5. The fourth-order valence-corrected chi connectivity index (χ4v) is 3.00. The van der Waals surface area contributed by atoms with Gasteiger partial charge in [-0.05, 0) is 62.2 Å². The molecule has 7 nitrogen and oxygen atoms in total. The van der Waals surface area contributed by atoms with Gasteiger partial charge in [0.15, 0.2) is 23.0 Å². The van der Waals surface area contributed by atoms with Crippen LogP contribution in [0.2, 0.25) is 0 Å². The number of amides is 1. The largest absolute Gasteiger partial charge is 0.493 e. The van der Waals surface area contributed by atoms with Gasteiger partial charge < -0.3 is 29.0 Å². The number of hydrogen-bond acceptors (Lipinski definition) is 6. The van der Waals surface area contributed by atoms with Gasteiger partial charge in [0.2, 0.25) is 5.91 Å². The van der Waals surface area contributed by atoms with Crippen molar-refractivity contribution < 1.29 is 28.5 Å². The van der Waals surface area contributed by atoms with E-state index >= 15 is 0 Å². The van der Waals surface area contributed by atoms with E-state index in [2.05, 4.69) is 5.32 Å². The third kappa shape index (κ3) is 7.50. The maximum atomic E-state index is 12.5. The van der Waals surface area contributed by atoms with Crippen LogP contribution in [0.1, 0.15) is 37.9 Å². The van der Waals surface area contributed by atoms with E-state index in [1.165, 1.54) is 6.08 Å². The van der Waals surface area contributed by atoms with E-state index in [4.69, 9.17) is 23.7 Å². The first-order valence-electron chi connectivity index (χ1n) is 10.7. The van der Waals surface area contributed by atoms with Gasteiger partial charge in [0, 0.05) is 13.2 Å².